The number of benzene rings is 1. The Balaban J connectivity index is 2.35. The molecule has 0 fully saturated rings. The zero-order valence-electron chi connectivity index (χ0n) is 12.1. The number of nitrogens with zero attached hydrogens (tertiary/aromatic N) is 2. The first-order chi connectivity index (χ1) is 9.69. The maximum absolute atomic E-state index is 11.3. The summed E-state index contributed by atoms with van der Waals surface area (Å²) in [6.45, 7) is 4.43. The second kappa shape index (κ2) is 8.94. The summed E-state index contributed by atoms with van der Waals surface area (Å²) < 4.78 is 5.63. The van der Waals surface area contributed by atoms with E-state index in [-0.39, 0.29) is 5.91 Å². The van der Waals surface area contributed by atoms with Gasteiger partial charge in [-0.25, -0.2) is 0 Å². The average molecular weight is 275 g/mol. The predicted octanol–water partition coefficient (Wildman–Crippen LogP) is 1.20. The Hall–Kier alpha value is -2.06. The number of carbonyl (C=O) groups excluding carboxylic acids is 1. The highest BCUT2D eigenvalue weighted by Gasteiger charge is 2.07. The first kappa shape index (κ1) is 16.0. The van der Waals surface area contributed by atoms with Gasteiger partial charge in [0.2, 0.25) is 5.91 Å². The molecule has 0 atom stereocenters. The first-order valence-electron chi connectivity index (χ1n) is 6.71. The molecule has 0 aromatic heterocycles. The van der Waals surface area contributed by atoms with Crippen LogP contribution in [0.2, 0.25) is 0 Å². The van der Waals surface area contributed by atoms with E-state index in [1.165, 1.54) is 0 Å². The molecule has 1 rings (SSSR count). The van der Waals surface area contributed by atoms with E-state index < -0.39 is 0 Å². The molecule has 0 saturated heterocycles. The molecule has 1 aromatic rings. The van der Waals surface area contributed by atoms with E-state index in [1.54, 1.807) is 7.05 Å². The molecular weight excluding hydrogens is 254 g/mol. The lowest BCUT2D eigenvalue weighted by molar-refractivity contribution is -0.121. The summed E-state index contributed by atoms with van der Waals surface area (Å²) in [6, 6.07) is 9.61. The van der Waals surface area contributed by atoms with E-state index >= 15 is 0 Å². The van der Waals surface area contributed by atoms with Crippen molar-refractivity contribution in [3.8, 4) is 11.8 Å². The number of ether oxygens (including phenoxy) is 1. The zero-order chi connectivity index (χ0) is 14.8. The number of nitrogens with one attached hydrogen (secondary N) is 1. The van der Waals surface area contributed by atoms with Crippen molar-refractivity contribution in [1.29, 1.82) is 5.26 Å². The highest BCUT2D eigenvalue weighted by Crippen LogP contribution is 2.12. The summed E-state index contributed by atoms with van der Waals surface area (Å²) in [4.78, 5) is 13.3. The zero-order valence-corrected chi connectivity index (χ0v) is 12.1. The van der Waals surface area contributed by atoms with Crippen LogP contribution in [0.5, 0.6) is 5.75 Å². The fourth-order valence-corrected chi connectivity index (χ4v) is 1.72. The lowest BCUT2D eigenvalue weighted by Gasteiger charge is -2.19. The Morgan fingerprint density at radius 1 is 1.40 bits per heavy atom. The van der Waals surface area contributed by atoms with Gasteiger partial charge in [-0.3, -0.25) is 9.69 Å². The summed E-state index contributed by atoms with van der Waals surface area (Å²) in [5.41, 5.74) is 0.981. The van der Waals surface area contributed by atoms with E-state index in [9.17, 15) is 4.79 Å². The van der Waals surface area contributed by atoms with Gasteiger partial charge >= 0.3 is 0 Å². The van der Waals surface area contributed by atoms with Crippen molar-refractivity contribution in [1.82, 2.24) is 10.2 Å². The summed E-state index contributed by atoms with van der Waals surface area (Å²) in [6.07, 6.45) is 0.413. The minimum absolute atomic E-state index is 0.00714. The highest BCUT2D eigenvalue weighted by atomic mass is 16.5. The summed E-state index contributed by atoms with van der Waals surface area (Å²) in [5.74, 6) is 0.787. The normalized spacial score (nSPS) is 10.1. The number of likely N-dealkylation sites (N-methyl/N-ethyl adjacent to an activating group) is 2. The van der Waals surface area contributed by atoms with Gasteiger partial charge < -0.3 is 10.1 Å². The van der Waals surface area contributed by atoms with Gasteiger partial charge in [0.15, 0.2) is 0 Å². The molecule has 0 bridgehead atoms. The number of rotatable bonds is 8. The quantitative estimate of drug-likeness (QED) is 0.774. The topological polar surface area (TPSA) is 65.4 Å². The highest BCUT2D eigenvalue weighted by molar-refractivity contribution is 5.77. The van der Waals surface area contributed by atoms with Gasteiger partial charge in [-0.2, -0.15) is 5.26 Å². The molecule has 108 valence electrons. The Bertz CT molecular complexity index is 451. The molecule has 0 unspecified atom stereocenters. The van der Waals surface area contributed by atoms with E-state index in [0.29, 0.717) is 26.1 Å². The van der Waals surface area contributed by atoms with Crippen LogP contribution in [-0.4, -0.2) is 44.1 Å². The predicted molar refractivity (Wildman–Crippen MR) is 77.4 cm³/mol. The smallest absolute Gasteiger partial charge is 0.233 e. The Morgan fingerprint density at radius 3 is 2.65 bits per heavy atom. The monoisotopic (exact) mass is 275 g/mol. The van der Waals surface area contributed by atoms with Gasteiger partial charge in [0, 0.05) is 13.6 Å². The average Bonchev–Trinajstić information content (AvgIpc) is 2.48. The van der Waals surface area contributed by atoms with Crippen LogP contribution < -0.4 is 10.1 Å². The molecule has 1 N–H and O–H groups in total. The van der Waals surface area contributed by atoms with Crippen LogP contribution in [-0.2, 0) is 11.2 Å². The molecule has 20 heavy (non-hydrogen) atoms. The lowest BCUT2D eigenvalue weighted by atomic mass is 10.2. The molecule has 0 spiro atoms. The fourth-order valence-electron chi connectivity index (χ4n) is 1.72. The third kappa shape index (κ3) is 5.72. The van der Waals surface area contributed by atoms with Crippen LogP contribution in [0.1, 0.15) is 12.5 Å². The Labute approximate surface area is 120 Å². The largest absolute Gasteiger partial charge is 0.492 e. The van der Waals surface area contributed by atoms with Crippen molar-refractivity contribution in [3.05, 3.63) is 29.8 Å². The minimum atomic E-state index is 0.00714. The Morgan fingerprint density at radius 2 is 2.10 bits per heavy atom. The lowest BCUT2D eigenvalue weighted by Crippen LogP contribution is -2.37. The molecule has 1 amide bonds. The summed E-state index contributed by atoms with van der Waals surface area (Å²) in [5, 5.41) is 11.2. The first-order valence-corrected chi connectivity index (χ1v) is 6.71. The molecule has 5 heteroatoms. The summed E-state index contributed by atoms with van der Waals surface area (Å²) in [7, 11) is 1.63. The van der Waals surface area contributed by atoms with Crippen molar-refractivity contribution in [2.24, 2.45) is 0 Å². The SMILES string of the molecule is CCN(CCOc1ccc(CC#N)cc1)CC(=O)NC. The van der Waals surface area contributed by atoms with Crippen molar-refractivity contribution in [2.45, 2.75) is 13.3 Å². The minimum Gasteiger partial charge on any atom is -0.492 e. The fraction of sp³-hybridized carbons (Fsp3) is 0.467. The molecule has 0 aliphatic carbocycles. The second-order valence-corrected chi connectivity index (χ2v) is 4.37. The number of hydrogen-bond acceptors (Lipinski definition) is 4. The summed E-state index contributed by atoms with van der Waals surface area (Å²) >= 11 is 0. The third-order valence-electron chi connectivity index (χ3n) is 2.98. The van der Waals surface area contributed by atoms with Crippen LogP contribution in [0.4, 0.5) is 0 Å². The standard InChI is InChI=1S/C15H21N3O2/c1-3-18(12-15(19)17-2)10-11-20-14-6-4-13(5-7-14)8-9-16/h4-7H,3,8,10-12H2,1-2H3,(H,17,19). The number of amides is 1. The molecule has 0 radical (unpaired) electrons. The maximum atomic E-state index is 11.3. The number of carbonyl (C=O) groups is 1. The number of hydrogen-bond donors (Lipinski definition) is 1. The van der Waals surface area contributed by atoms with E-state index in [0.717, 1.165) is 17.9 Å². The van der Waals surface area contributed by atoms with E-state index in [4.69, 9.17) is 10.00 Å². The van der Waals surface area contributed by atoms with Gasteiger partial charge in [0.1, 0.15) is 12.4 Å². The molecular formula is C15H21N3O2. The van der Waals surface area contributed by atoms with Crippen molar-refractivity contribution < 1.29 is 9.53 Å². The van der Waals surface area contributed by atoms with E-state index in [1.807, 2.05) is 36.1 Å². The molecule has 0 heterocycles. The van der Waals surface area contributed by atoms with Gasteiger partial charge in [0.05, 0.1) is 19.0 Å². The third-order valence-corrected chi connectivity index (χ3v) is 2.98. The van der Waals surface area contributed by atoms with Crippen molar-refractivity contribution in [3.63, 3.8) is 0 Å². The van der Waals surface area contributed by atoms with Crippen LogP contribution in [0.15, 0.2) is 24.3 Å². The molecule has 0 aliphatic heterocycles. The molecule has 5 nitrogen and oxygen atoms in total. The van der Waals surface area contributed by atoms with Crippen molar-refractivity contribution in [2.75, 3.05) is 33.3 Å². The molecule has 0 aliphatic rings. The van der Waals surface area contributed by atoms with Gasteiger partial charge in [-0.1, -0.05) is 19.1 Å². The van der Waals surface area contributed by atoms with Crippen LogP contribution >= 0.6 is 0 Å². The van der Waals surface area contributed by atoms with E-state index in [2.05, 4.69) is 11.4 Å². The second-order valence-electron chi connectivity index (χ2n) is 4.37. The van der Waals surface area contributed by atoms with Crippen LogP contribution in [0.3, 0.4) is 0 Å². The van der Waals surface area contributed by atoms with Gasteiger partial charge in [-0.15, -0.1) is 0 Å². The van der Waals surface area contributed by atoms with Gasteiger partial charge in [0.25, 0.3) is 0 Å². The van der Waals surface area contributed by atoms with Crippen LogP contribution in [0, 0.1) is 11.3 Å². The maximum Gasteiger partial charge on any atom is 0.233 e. The van der Waals surface area contributed by atoms with Gasteiger partial charge in [-0.05, 0) is 24.2 Å². The van der Waals surface area contributed by atoms with Crippen LogP contribution in [0.25, 0.3) is 0 Å². The number of nitriles is 1. The molecule has 1 aromatic carbocycles. The Kier molecular flexibility index (Phi) is 7.15. The molecule has 0 saturated carbocycles. The van der Waals surface area contributed by atoms with Crippen molar-refractivity contribution >= 4 is 5.91 Å².